The molecule has 8 nitrogen and oxygen atoms in total. The number of likely N-dealkylation sites (tertiary alicyclic amines) is 1. The zero-order chi connectivity index (χ0) is 21.5. The molecule has 0 bridgehead atoms. The first-order chi connectivity index (χ1) is 14.5. The minimum Gasteiger partial charge on any atom is -0.493 e. The van der Waals surface area contributed by atoms with Gasteiger partial charge in [0.1, 0.15) is 0 Å². The van der Waals surface area contributed by atoms with Gasteiger partial charge in [0.05, 0.1) is 19.6 Å². The van der Waals surface area contributed by atoms with Crippen molar-refractivity contribution in [3.8, 4) is 11.5 Å². The number of hydrazine groups is 1. The van der Waals surface area contributed by atoms with Crippen LogP contribution in [0.3, 0.4) is 0 Å². The first kappa shape index (κ1) is 21.2. The van der Waals surface area contributed by atoms with E-state index in [2.05, 4.69) is 10.9 Å². The summed E-state index contributed by atoms with van der Waals surface area (Å²) in [5.41, 5.74) is 6.12. The molecule has 30 heavy (non-hydrogen) atoms. The zero-order valence-corrected chi connectivity index (χ0v) is 17.0. The van der Waals surface area contributed by atoms with E-state index >= 15 is 0 Å². The van der Waals surface area contributed by atoms with Crippen LogP contribution in [0.1, 0.15) is 29.3 Å². The fourth-order valence-corrected chi connectivity index (χ4v) is 3.28. The van der Waals surface area contributed by atoms with E-state index in [-0.39, 0.29) is 12.3 Å². The Kier molecular flexibility index (Phi) is 6.90. The Bertz CT molecular complexity index is 916. The Morgan fingerprint density at radius 1 is 1.10 bits per heavy atom. The number of benzene rings is 2. The van der Waals surface area contributed by atoms with Crippen molar-refractivity contribution in [2.24, 2.45) is 5.92 Å². The summed E-state index contributed by atoms with van der Waals surface area (Å²) in [5.74, 6) is -0.532. The maximum Gasteiger partial charge on any atom is 0.269 e. The molecule has 0 spiro atoms. The summed E-state index contributed by atoms with van der Waals surface area (Å²) in [4.78, 5) is 38.7. The van der Waals surface area contributed by atoms with Gasteiger partial charge in [-0.15, -0.1) is 0 Å². The van der Waals surface area contributed by atoms with Gasteiger partial charge in [-0.1, -0.05) is 30.3 Å². The predicted octanol–water partition coefficient (Wildman–Crippen LogP) is 1.90. The van der Waals surface area contributed by atoms with Crippen molar-refractivity contribution >= 4 is 17.7 Å². The number of amides is 3. The summed E-state index contributed by atoms with van der Waals surface area (Å²) in [7, 11) is 1.49. The molecule has 0 aliphatic carbocycles. The molecule has 1 aliphatic rings. The molecule has 1 heterocycles. The molecule has 3 amide bonds. The van der Waals surface area contributed by atoms with Gasteiger partial charge in [-0.05, 0) is 30.7 Å². The van der Waals surface area contributed by atoms with Crippen LogP contribution in [0, 0.1) is 5.92 Å². The molecule has 0 radical (unpaired) electrons. The van der Waals surface area contributed by atoms with Gasteiger partial charge in [-0.25, -0.2) is 0 Å². The Morgan fingerprint density at radius 2 is 1.87 bits per heavy atom. The highest BCUT2D eigenvalue weighted by atomic mass is 16.5. The van der Waals surface area contributed by atoms with Crippen LogP contribution in [0.25, 0.3) is 0 Å². The molecule has 1 fully saturated rings. The van der Waals surface area contributed by atoms with E-state index in [9.17, 15) is 14.4 Å². The zero-order valence-electron chi connectivity index (χ0n) is 17.0. The van der Waals surface area contributed by atoms with Crippen LogP contribution in [-0.4, -0.2) is 42.9 Å². The summed E-state index contributed by atoms with van der Waals surface area (Å²) < 4.78 is 10.7. The van der Waals surface area contributed by atoms with Crippen LogP contribution in [0.4, 0.5) is 0 Å². The van der Waals surface area contributed by atoms with Gasteiger partial charge in [0.2, 0.25) is 11.8 Å². The molecule has 3 rings (SSSR count). The van der Waals surface area contributed by atoms with Crippen LogP contribution >= 0.6 is 0 Å². The normalized spacial score (nSPS) is 15.6. The number of nitrogens with zero attached hydrogens (tertiary/aromatic N) is 1. The van der Waals surface area contributed by atoms with Crippen molar-refractivity contribution < 1.29 is 23.9 Å². The van der Waals surface area contributed by atoms with Gasteiger partial charge in [0.15, 0.2) is 11.5 Å². The van der Waals surface area contributed by atoms with Crippen molar-refractivity contribution in [1.29, 1.82) is 0 Å². The van der Waals surface area contributed by atoms with Crippen molar-refractivity contribution in [3.63, 3.8) is 0 Å². The molecule has 1 unspecified atom stereocenters. The lowest BCUT2D eigenvalue weighted by atomic mass is 10.1. The number of hydrogen-bond donors (Lipinski definition) is 2. The molecular formula is C22H25N3O5. The van der Waals surface area contributed by atoms with E-state index in [0.717, 1.165) is 5.56 Å². The molecule has 1 atom stereocenters. The number of hydrogen-bond acceptors (Lipinski definition) is 5. The highest BCUT2D eigenvalue weighted by Gasteiger charge is 2.34. The highest BCUT2D eigenvalue weighted by Crippen LogP contribution is 2.28. The topological polar surface area (TPSA) is 97.0 Å². The summed E-state index contributed by atoms with van der Waals surface area (Å²) in [6.45, 7) is 3.10. The maximum atomic E-state index is 12.4. The van der Waals surface area contributed by atoms with Crippen LogP contribution in [-0.2, 0) is 16.1 Å². The number of methoxy groups -OCH3 is 1. The Hall–Kier alpha value is -3.55. The highest BCUT2D eigenvalue weighted by molar-refractivity contribution is 5.97. The first-order valence-corrected chi connectivity index (χ1v) is 9.74. The van der Waals surface area contributed by atoms with Gasteiger partial charge in [0.25, 0.3) is 5.91 Å². The third kappa shape index (κ3) is 5.08. The number of ether oxygens (including phenoxy) is 2. The average molecular weight is 411 g/mol. The van der Waals surface area contributed by atoms with E-state index in [4.69, 9.17) is 9.47 Å². The van der Waals surface area contributed by atoms with Crippen molar-refractivity contribution in [2.45, 2.75) is 19.9 Å². The third-order valence-electron chi connectivity index (χ3n) is 4.83. The lowest BCUT2D eigenvalue weighted by Gasteiger charge is -2.17. The molecule has 2 N–H and O–H groups in total. The summed E-state index contributed by atoms with van der Waals surface area (Å²) in [5, 5.41) is 0. The summed E-state index contributed by atoms with van der Waals surface area (Å²) in [6.07, 6.45) is 0.116. The lowest BCUT2D eigenvalue weighted by molar-refractivity contribution is -0.129. The van der Waals surface area contributed by atoms with Gasteiger partial charge in [-0.2, -0.15) is 0 Å². The number of carbonyl (C=O) groups excluding carboxylic acids is 3. The standard InChI is InChI=1S/C22H25N3O5/c1-3-30-18-10-9-16(11-19(18)29-2)21(27)23-24-22(28)17-12-20(26)25(14-17)13-15-7-5-4-6-8-15/h4-11,17H,3,12-14H2,1-2H3,(H,23,27)(H,24,28). The predicted molar refractivity (Wildman–Crippen MR) is 110 cm³/mol. The fraction of sp³-hybridized carbons (Fsp3) is 0.318. The minimum absolute atomic E-state index is 0.0819. The largest absolute Gasteiger partial charge is 0.493 e. The van der Waals surface area contributed by atoms with Crippen molar-refractivity contribution in [2.75, 3.05) is 20.3 Å². The van der Waals surface area contributed by atoms with Gasteiger partial charge < -0.3 is 14.4 Å². The smallest absolute Gasteiger partial charge is 0.269 e. The van der Waals surface area contributed by atoms with Crippen LogP contribution < -0.4 is 20.3 Å². The van der Waals surface area contributed by atoms with Crippen molar-refractivity contribution in [1.82, 2.24) is 15.8 Å². The van der Waals surface area contributed by atoms with E-state index in [1.54, 1.807) is 17.0 Å². The second-order valence-electron chi connectivity index (χ2n) is 6.90. The second kappa shape index (κ2) is 9.78. The molecule has 0 saturated carbocycles. The average Bonchev–Trinajstić information content (AvgIpc) is 3.13. The molecule has 2 aromatic carbocycles. The number of nitrogens with one attached hydrogen (secondary N) is 2. The monoisotopic (exact) mass is 411 g/mol. The van der Waals surface area contributed by atoms with E-state index < -0.39 is 17.7 Å². The lowest BCUT2D eigenvalue weighted by Crippen LogP contribution is -2.45. The minimum atomic E-state index is -0.517. The van der Waals surface area contributed by atoms with E-state index in [1.807, 2.05) is 37.3 Å². The van der Waals surface area contributed by atoms with Gasteiger partial charge >= 0.3 is 0 Å². The number of carbonyl (C=O) groups is 3. The molecule has 2 aromatic rings. The maximum absolute atomic E-state index is 12.4. The molecular weight excluding hydrogens is 386 g/mol. The SMILES string of the molecule is CCOc1ccc(C(=O)NNC(=O)C2CC(=O)N(Cc3ccccc3)C2)cc1OC. The summed E-state index contributed by atoms with van der Waals surface area (Å²) in [6, 6.07) is 14.3. The number of rotatable bonds is 7. The molecule has 158 valence electrons. The molecule has 8 heteroatoms. The van der Waals surface area contributed by atoms with Crippen LogP contribution in [0.2, 0.25) is 0 Å². The Morgan fingerprint density at radius 3 is 2.57 bits per heavy atom. The van der Waals surface area contributed by atoms with Gasteiger partial charge in [0, 0.05) is 25.1 Å². The second-order valence-corrected chi connectivity index (χ2v) is 6.90. The molecule has 1 aliphatic heterocycles. The summed E-state index contributed by atoms with van der Waals surface area (Å²) >= 11 is 0. The molecule has 1 saturated heterocycles. The quantitative estimate of drug-likeness (QED) is 0.679. The Balaban J connectivity index is 1.54. The van der Waals surface area contributed by atoms with E-state index in [1.165, 1.54) is 13.2 Å². The van der Waals surface area contributed by atoms with Crippen molar-refractivity contribution in [3.05, 3.63) is 59.7 Å². The van der Waals surface area contributed by atoms with Crippen LogP contribution in [0.5, 0.6) is 11.5 Å². The van der Waals surface area contributed by atoms with Gasteiger partial charge in [-0.3, -0.25) is 25.2 Å². The van der Waals surface area contributed by atoms with E-state index in [0.29, 0.717) is 36.8 Å². The first-order valence-electron chi connectivity index (χ1n) is 9.74. The van der Waals surface area contributed by atoms with Crippen LogP contribution in [0.15, 0.2) is 48.5 Å². The Labute approximate surface area is 175 Å². The fourth-order valence-electron chi connectivity index (χ4n) is 3.28. The molecule has 0 aromatic heterocycles. The third-order valence-corrected chi connectivity index (χ3v) is 4.83.